The second kappa shape index (κ2) is 4.95. The third kappa shape index (κ3) is 2.10. The first-order valence-electron chi connectivity index (χ1n) is 6.07. The van der Waals surface area contributed by atoms with Crippen LogP contribution in [0, 0.1) is 0 Å². The second-order valence-electron chi connectivity index (χ2n) is 4.58. The maximum absolute atomic E-state index is 12.0. The third-order valence-corrected chi connectivity index (χ3v) is 4.04. The van der Waals surface area contributed by atoms with E-state index in [1.165, 1.54) is 0 Å². The number of aromatic amines is 2. The molecule has 0 bridgehead atoms. The maximum atomic E-state index is 12.0. The molecule has 20 heavy (non-hydrogen) atoms. The van der Waals surface area contributed by atoms with E-state index in [1.54, 1.807) is 19.4 Å². The van der Waals surface area contributed by atoms with Gasteiger partial charge in [0.1, 0.15) is 5.69 Å². The van der Waals surface area contributed by atoms with Gasteiger partial charge in [0, 0.05) is 25.4 Å². The smallest absolute Gasteiger partial charge is 0.323 e. The fraction of sp³-hybridized carbons (Fsp3) is 0.333. The van der Waals surface area contributed by atoms with E-state index in [4.69, 9.17) is 4.74 Å². The minimum Gasteiger partial charge on any atom is -0.359 e. The third-order valence-electron chi connectivity index (χ3n) is 3.39. The Kier molecular flexibility index (Phi) is 3.27. The molecule has 2 aromatic heterocycles. The molecule has 8 heteroatoms. The van der Waals surface area contributed by atoms with E-state index in [0.29, 0.717) is 12.1 Å². The van der Waals surface area contributed by atoms with Crippen molar-refractivity contribution < 1.29 is 9.53 Å². The molecular formula is C12H13BrN4O3. The molecule has 3 heterocycles. The summed E-state index contributed by atoms with van der Waals surface area (Å²) in [6, 6.07) is 3.42. The highest BCUT2D eigenvalue weighted by Crippen LogP contribution is 2.29. The summed E-state index contributed by atoms with van der Waals surface area (Å²) in [5, 5.41) is 2.81. The first-order chi connectivity index (χ1) is 9.60. The number of ether oxygens (including phenoxy) is 1. The van der Waals surface area contributed by atoms with Crippen molar-refractivity contribution in [3.8, 4) is 0 Å². The number of H-pyrrole nitrogens is 2. The van der Waals surface area contributed by atoms with Gasteiger partial charge in [-0.2, -0.15) is 0 Å². The number of carbonyl (C=O) groups is 1. The topological polar surface area (TPSA) is 91.9 Å². The fourth-order valence-electron chi connectivity index (χ4n) is 2.50. The average molecular weight is 341 g/mol. The van der Waals surface area contributed by atoms with Crippen LogP contribution in [0.25, 0.3) is 0 Å². The van der Waals surface area contributed by atoms with Crippen molar-refractivity contribution in [1.82, 2.24) is 19.9 Å². The molecule has 0 saturated carbocycles. The summed E-state index contributed by atoms with van der Waals surface area (Å²) in [4.78, 5) is 28.4. The molecular weight excluding hydrogens is 328 g/mol. The number of aromatic nitrogens is 3. The number of fused-ring (bicyclic) bond motifs is 1. The van der Waals surface area contributed by atoms with Crippen LogP contribution in [-0.2, 0) is 11.2 Å². The van der Waals surface area contributed by atoms with Gasteiger partial charge in [-0.05, 0) is 28.1 Å². The van der Waals surface area contributed by atoms with Gasteiger partial charge in [-0.25, -0.2) is 4.79 Å². The Bertz CT molecular complexity index is 702. The van der Waals surface area contributed by atoms with E-state index in [1.807, 2.05) is 10.6 Å². The molecule has 7 nitrogen and oxygen atoms in total. The molecule has 106 valence electrons. The molecule has 0 unspecified atom stereocenters. The highest BCUT2D eigenvalue weighted by atomic mass is 79.9. The van der Waals surface area contributed by atoms with Gasteiger partial charge in [-0.15, -0.1) is 0 Å². The molecule has 0 fully saturated rings. The van der Waals surface area contributed by atoms with E-state index in [0.717, 1.165) is 10.3 Å². The van der Waals surface area contributed by atoms with Crippen molar-refractivity contribution in [3.63, 3.8) is 0 Å². The fourth-order valence-corrected chi connectivity index (χ4v) is 3.09. The average Bonchev–Trinajstić information content (AvgIpc) is 3.00. The molecule has 3 rings (SSSR count). The minimum atomic E-state index is -0.461. The zero-order valence-electron chi connectivity index (χ0n) is 10.6. The van der Waals surface area contributed by atoms with E-state index in [2.05, 4.69) is 31.2 Å². The lowest BCUT2D eigenvalue weighted by Gasteiger charge is -2.34. The standard InChI is InChI=1S/C12H13BrN4O3/c1-20-11-8(4-6-5-14-12(19)15-6)17-7(10(18)16-11)2-3-9(17)13/h2-3,5,8,11H,4H2,1H3,(H,16,18)(H2,14,15,19)/t8-,11-/m1/s1. The van der Waals surface area contributed by atoms with Crippen LogP contribution in [-0.4, -0.2) is 33.8 Å². The number of nitrogens with one attached hydrogen (secondary N) is 3. The molecule has 3 N–H and O–H groups in total. The molecule has 0 spiro atoms. The summed E-state index contributed by atoms with van der Waals surface area (Å²) < 4.78 is 8.03. The summed E-state index contributed by atoms with van der Waals surface area (Å²) in [5.41, 5.74) is 1.07. The Hall–Kier alpha value is -1.80. The molecule has 2 atom stereocenters. The van der Waals surface area contributed by atoms with E-state index in [-0.39, 0.29) is 17.6 Å². The molecule has 1 aliphatic heterocycles. The Morgan fingerprint density at radius 1 is 1.40 bits per heavy atom. The predicted molar refractivity (Wildman–Crippen MR) is 74.5 cm³/mol. The van der Waals surface area contributed by atoms with Gasteiger partial charge in [0.15, 0.2) is 6.23 Å². The quantitative estimate of drug-likeness (QED) is 0.770. The van der Waals surface area contributed by atoms with Gasteiger partial charge in [0.05, 0.1) is 10.6 Å². The molecule has 0 radical (unpaired) electrons. The number of hydrogen-bond donors (Lipinski definition) is 3. The van der Waals surface area contributed by atoms with Gasteiger partial charge >= 0.3 is 5.69 Å². The number of nitrogens with zero attached hydrogens (tertiary/aromatic N) is 1. The monoisotopic (exact) mass is 340 g/mol. The van der Waals surface area contributed by atoms with Crippen LogP contribution in [0.2, 0.25) is 0 Å². The minimum absolute atomic E-state index is 0.150. The number of carbonyl (C=O) groups excluding carboxylic acids is 1. The molecule has 0 saturated heterocycles. The Labute approximate surface area is 122 Å². The summed E-state index contributed by atoms with van der Waals surface area (Å²) >= 11 is 3.44. The normalized spacial score (nSPS) is 21.6. The van der Waals surface area contributed by atoms with E-state index >= 15 is 0 Å². The van der Waals surface area contributed by atoms with E-state index in [9.17, 15) is 9.59 Å². The molecule has 0 aliphatic carbocycles. The van der Waals surface area contributed by atoms with Gasteiger partial charge < -0.3 is 24.6 Å². The highest BCUT2D eigenvalue weighted by molar-refractivity contribution is 9.10. The number of imidazole rings is 1. The lowest BCUT2D eigenvalue weighted by Crippen LogP contribution is -2.49. The van der Waals surface area contributed by atoms with Gasteiger partial charge in [0.2, 0.25) is 0 Å². The van der Waals surface area contributed by atoms with Crippen LogP contribution in [0.3, 0.4) is 0 Å². The lowest BCUT2D eigenvalue weighted by atomic mass is 10.1. The largest absolute Gasteiger partial charge is 0.359 e. The van der Waals surface area contributed by atoms with Crippen LogP contribution in [0.4, 0.5) is 0 Å². The Morgan fingerprint density at radius 2 is 2.20 bits per heavy atom. The predicted octanol–water partition coefficient (Wildman–Crippen LogP) is 0.767. The number of hydrogen-bond acceptors (Lipinski definition) is 3. The zero-order chi connectivity index (χ0) is 14.3. The van der Waals surface area contributed by atoms with Gasteiger partial charge in [-0.1, -0.05) is 0 Å². The summed E-state index contributed by atoms with van der Waals surface area (Å²) in [6.45, 7) is 0. The Morgan fingerprint density at radius 3 is 2.85 bits per heavy atom. The number of methoxy groups -OCH3 is 1. The maximum Gasteiger partial charge on any atom is 0.323 e. The summed E-state index contributed by atoms with van der Waals surface area (Å²) in [6.07, 6.45) is 1.69. The number of rotatable bonds is 3. The summed E-state index contributed by atoms with van der Waals surface area (Å²) in [7, 11) is 1.54. The zero-order valence-corrected chi connectivity index (χ0v) is 12.2. The van der Waals surface area contributed by atoms with Crippen LogP contribution < -0.4 is 11.0 Å². The number of amides is 1. The van der Waals surface area contributed by atoms with Crippen molar-refractivity contribution in [2.24, 2.45) is 0 Å². The lowest BCUT2D eigenvalue weighted by molar-refractivity contribution is 0.0168. The van der Waals surface area contributed by atoms with Crippen molar-refractivity contribution >= 4 is 21.8 Å². The Balaban J connectivity index is 2.01. The second-order valence-corrected chi connectivity index (χ2v) is 5.39. The SMILES string of the molecule is CO[C@H]1NC(=O)c2ccc(Br)n2[C@@H]1Cc1c[nH]c(=O)[nH]1. The van der Waals surface area contributed by atoms with Crippen LogP contribution in [0.1, 0.15) is 22.2 Å². The number of halogens is 1. The molecule has 0 aromatic carbocycles. The highest BCUT2D eigenvalue weighted by Gasteiger charge is 2.34. The van der Waals surface area contributed by atoms with Crippen LogP contribution >= 0.6 is 15.9 Å². The van der Waals surface area contributed by atoms with Crippen molar-refractivity contribution in [2.45, 2.75) is 18.7 Å². The first-order valence-corrected chi connectivity index (χ1v) is 6.86. The van der Waals surface area contributed by atoms with Crippen molar-refractivity contribution in [2.75, 3.05) is 7.11 Å². The molecule has 2 aromatic rings. The van der Waals surface area contributed by atoms with Gasteiger partial charge in [0.25, 0.3) is 5.91 Å². The first kappa shape index (κ1) is 13.2. The summed E-state index contributed by atoms with van der Waals surface area (Å²) in [5.74, 6) is -0.179. The van der Waals surface area contributed by atoms with E-state index < -0.39 is 6.23 Å². The van der Waals surface area contributed by atoms with Crippen LogP contribution in [0.15, 0.2) is 27.7 Å². The molecule has 1 amide bonds. The van der Waals surface area contributed by atoms with Gasteiger partial charge in [-0.3, -0.25) is 4.79 Å². The molecule has 1 aliphatic rings. The van der Waals surface area contributed by atoms with Crippen molar-refractivity contribution in [1.29, 1.82) is 0 Å². The van der Waals surface area contributed by atoms with Crippen molar-refractivity contribution in [3.05, 3.63) is 44.8 Å². The van der Waals surface area contributed by atoms with Crippen LogP contribution in [0.5, 0.6) is 0 Å².